The van der Waals surface area contributed by atoms with E-state index in [1.165, 1.54) is 22.3 Å². The minimum atomic E-state index is 0.560. The molecule has 0 spiro atoms. The summed E-state index contributed by atoms with van der Waals surface area (Å²) in [6.45, 7) is 12.6. The number of aromatic nitrogens is 2. The smallest absolute Gasteiger partial charge is 0.126 e. The predicted molar refractivity (Wildman–Crippen MR) is 93.5 cm³/mol. The molecule has 114 valence electrons. The quantitative estimate of drug-likeness (QED) is 0.943. The van der Waals surface area contributed by atoms with Crippen LogP contribution in [0.25, 0.3) is 18.2 Å². The SMILES string of the molecule is C=c1nc(C)nc(C)/c1=C/C=C(\C)c1ccc(C)c(CN)c1. The Kier molecular flexibility index (Phi) is 4.88. The molecule has 0 saturated heterocycles. The molecule has 0 amide bonds. The number of hydrogen-bond acceptors (Lipinski definition) is 3. The van der Waals surface area contributed by atoms with Crippen LogP contribution in [-0.4, -0.2) is 9.97 Å². The minimum Gasteiger partial charge on any atom is -0.326 e. The highest BCUT2D eigenvalue weighted by Crippen LogP contribution is 2.18. The van der Waals surface area contributed by atoms with E-state index < -0.39 is 0 Å². The van der Waals surface area contributed by atoms with Crippen molar-refractivity contribution >= 4 is 18.2 Å². The summed E-state index contributed by atoms with van der Waals surface area (Å²) >= 11 is 0. The second-order valence-corrected chi connectivity index (χ2v) is 5.58. The number of benzene rings is 1. The van der Waals surface area contributed by atoms with Crippen LogP contribution in [0.2, 0.25) is 0 Å². The molecule has 0 unspecified atom stereocenters. The van der Waals surface area contributed by atoms with E-state index in [1.54, 1.807) is 0 Å². The molecule has 2 aromatic rings. The van der Waals surface area contributed by atoms with E-state index in [4.69, 9.17) is 5.73 Å². The van der Waals surface area contributed by atoms with Gasteiger partial charge in [-0.05, 0) is 56.0 Å². The van der Waals surface area contributed by atoms with E-state index >= 15 is 0 Å². The third-order valence-corrected chi connectivity index (χ3v) is 3.85. The van der Waals surface area contributed by atoms with Crippen LogP contribution in [0.5, 0.6) is 0 Å². The summed E-state index contributed by atoms with van der Waals surface area (Å²) < 4.78 is 0. The van der Waals surface area contributed by atoms with Crippen LogP contribution < -0.4 is 16.3 Å². The zero-order valence-corrected chi connectivity index (χ0v) is 13.8. The molecule has 3 nitrogen and oxygen atoms in total. The normalized spacial score (nSPS) is 12.8. The van der Waals surface area contributed by atoms with Gasteiger partial charge in [-0.3, -0.25) is 0 Å². The molecule has 1 aromatic carbocycles. The molecule has 0 aliphatic rings. The van der Waals surface area contributed by atoms with Crippen LogP contribution >= 0.6 is 0 Å². The maximum absolute atomic E-state index is 5.79. The number of nitrogens with two attached hydrogens (primary N) is 1. The molecule has 1 aromatic heterocycles. The average Bonchev–Trinajstić information content (AvgIpc) is 2.46. The van der Waals surface area contributed by atoms with Gasteiger partial charge in [-0.15, -0.1) is 0 Å². The van der Waals surface area contributed by atoms with Crippen LogP contribution in [0, 0.1) is 20.8 Å². The summed E-state index contributed by atoms with van der Waals surface area (Å²) in [5.74, 6) is 0.756. The molecule has 3 heteroatoms. The van der Waals surface area contributed by atoms with Crippen molar-refractivity contribution in [3.05, 3.63) is 63.1 Å². The molecule has 2 rings (SSSR count). The highest BCUT2D eigenvalue weighted by Gasteiger charge is 2.00. The largest absolute Gasteiger partial charge is 0.326 e. The van der Waals surface area contributed by atoms with Gasteiger partial charge in [0, 0.05) is 17.5 Å². The Morgan fingerprint density at radius 3 is 2.59 bits per heavy atom. The minimum absolute atomic E-state index is 0.560. The first kappa shape index (κ1) is 16.1. The molecular weight excluding hydrogens is 270 g/mol. The van der Waals surface area contributed by atoms with E-state index in [0.29, 0.717) is 6.54 Å². The monoisotopic (exact) mass is 293 g/mol. The highest BCUT2D eigenvalue weighted by atomic mass is 14.9. The summed E-state index contributed by atoms with van der Waals surface area (Å²) in [5, 5.41) is 1.75. The van der Waals surface area contributed by atoms with Crippen LogP contribution in [0.1, 0.15) is 35.1 Å². The molecule has 2 N–H and O–H groups in total. The Morgan fingerprint density at radius 1 is 1.23 bits per heavy atom. The lowest BCUT2D eigenvalue weighted by molar-refractivity contribution is 0.969. The molecule has 0 bridgehead atoms. The number of hydrogen-bond donors (Lipinski definition) is 1. The third kappa shape index (κ3) is 3.49. The zero-order valence-electron chi connectivity index (χ0n) is 13.8. The number of aryl methyl sites for hydroxylation is 3. The first-order valence-electron chi connectivity index (χ1n) is 7.41. The van der Waals surface area contributed by atoms with Gasteiger partial charge >= 0.3 is 0 Å². The van der Waals surface area contributed by atoms with Gasteiger partial charge in [0.25, 0.3) is 0 Å². The van der Waals surface area contributed by atoms with Gasteiger partial charge in [0.2, 0.25) is 0 Å². The van der Waals surface area contributed by atoms with Gasteiger partial charge in [0.05, 0.1) is 5.35 Å². The summed E-state index contributed by atoms with van der Waals surface area (Å²) in [7, 11) is 0. The Labute approximate surface area is 131 Å². The average molecular weight is 293 g/mol. The van der Waals surface area contributed by atoms with E-state index in [-0.39, 0.29) is 0 Å². The maximum atomic E-state index is 5.79. The molecule has 0 atom stereocenters. The number of nitrogens with zero attached hydrogens (tertiary/aromatic N) is 2. The molecule has 0 radical (unpaired) electrons. The van der Waals surface area contributed by atoms with Crippen LogP contribution in [0.4, 0.5) is 0 Å². The highest BCUT2D eigenvalue weighted by molar-refractivity contribution is 5.70. The van der Waals surface area contributed by atoms with Crippen molar-refractivity contribution in [2.75, 3.05) is 0 Å². The summed E-state index contributed by atoms with van der Waals surface area (Å²) in [6.07, 6.45) is 4.12. The van der Waals surface area contributed by atoms with Crippen molar-refractivity contribution in [3.8, 4) is 0 Å². The third-order valence-electron chi connectivity index (χ3n) is 3.85. The lowest BCUT2D eigenvalue weighted by Crippen LogP contribution is -2.31. The Morgan fingerprint density at radius 2 is 1.95 bits per heavy atom. The predicted octanol–water partition coefficient (Wildman–Crippen LogP) is 2.15. The second-order valence-electron chi connectivity index (χ2n) is 5.58. The van der Waals surface area contributed by atoms with Gasteiger partial charge in [0.1, 0.15) is 5.82 Å². The van der Waals surface area contributed by atoms with Crippen LogP contribution in [0.15, 0.2) is 24.3 Å². The molecule has 0 saturated carbocycles. The van der Waals surface area contributed by atoms with Gasteiger partial charge in [-0.1, -0.05) is 30.9 Å². The molecule has 1 heterocycles. The number of rotatable bonds is 3. The number of allylic oxidation sites excluding steroid dienone is 2. The van der Waals surface area contributed by atoms with Crippen LogP contribution in [-0.2, 0) is 6.54 Å². The first-order valence-corrected chi connectivity index (χ1v) is 7.41. The van der Waals surface area contributed by atoms with Crippen molar-refractivity contribution in [2.24, 2.45) is 5.73 Å². The topological polar surface area (TPSA) is 51.8 Å². The summed E-state index contributed by atoms with van der Waals surface area (Å²) in [5.41, 5.74) is 11.5. The second kappa shape index (κ2) is 6.67. The van der Waals surface area contributed by atoms with Gasteiger partial charge < -0.3 is 5.73 Å². The van der Waals surface area contributed by atoms with Crippen molar-refractivity contribution in [1.29, 1.82) is 0 Å². The van der Waals surface area contributed by atoms with Gasteiger partial charge in [0.15, 0.2) is 0 Å². The van der Waals surface area contributed by atoms with Gasteiger partial charge in [-0.2, -0.15) is 0 Å². The Balaban J connectivity index is 2.46. The lowest BCUT2D eigenvalue weighted by Gasteiger charge is -2.07. The summed E-state index contributed by atoms with van der Waals surface area (Å²) in [4.78, 5) is 8.72. The first-order chi connectivity index (χ1) is 10.4. The van der Waals surface area contributed by atoms with Crippen molar-refractivity contribution < 1.29 is 0 Å². The van der Waals surface area contributed by atoms with Crippen molar-refractivity contribution in [1.82, 2.24) is 9.97 Å². The van der Waals surface area contributed by atoms with Gasteiger partial charge in [-0.25, -0.2) is 9.97 Å². The fourth-order valence-corrected chi connectivity index (χ4v) is 2.45. The van der Waals surface area contributed by atoms with Crippen molar-refractivity contribution in [2.45, 2.75) is 34.2 Å². The maximum Gasteiger partial charge on any atom is 0.126 e. The molecular formula is C19H23N3. The molecule has 22 heavy (non-hydrogen) atoms. The Bertz CT molecular complexity index is 832. The Hall–Kier alpha value is -2.26. The fraction of sp³-hybridized carbons (Fsp3) is 0.263. The standard InChI is InChI=1S/C19H23N3/c1-12(17-8-6-13(2)18(10-17)11-20)7-9-19-14(3)21-16(5)22-15(19)4/h6-10H,3,11,20H2,1-2,4-5H3/b12-7+,19-9+. The summed E-state index contributed by atoms with van der Waals surface area (Å²) in [6, 6.07) is 6.39. The fourth-order valence-electron chi connectivity index (χ4n) is 2.45. The lowest BCUT2D eigenvalue weighted by atomic mass is 10.0. The molecule has 0 fully saturated rings. The molecule has 0 aliphatic heterocycles. The zero-order chi connectivity index (χ0) is 16.3. The van der Waals surface area contributed by atoms with E-state index in [2.05, 4.69) is 54.7 Å². The van der Waals surface area contributed by atoms with E-state index in [1.807, 2.05) is 19.9 Å². The van der Waals surface area contributed by atoms with E-state index in [9.17, 15) is 0 Å². The molecule has 0 aliphatic carbocycles. The van der Waals surface area contributed by atoms with Crippen molar-refractivity contribution in [3.63, 3.8) is 0 Å². The van der Waals surface area contributed by atoms with Crippen LogP contribution in [0.3, 0.4) is 0 Å². The van der Waals surface area contributed by atoms with E-state index in [0.717, 1.165) is 22.1 Å².